The zero-order valence-electron chi connectivity index (χ0n) is 15.2. The molecule has 0 unspecified atom stereocenters. The van der Waals surface area contributed by atoms with E-state index < -0.39 is 6.10 Å². The van der Waals surface area contributed by atoms with Gasteiger partial charge < -0.3 is 20.4 Å². The molecule has 2 atom stereocenters. The van der Waals surface area contributed by atoms with Gasteiger partial charge in [-0.1, -0.05) is 50.1 Å². The van der Waals surface area contributed by atoms with Gasteiger partial charge in [-0.3, -0.25) is 4.79 Å². The molecule has 0 radical (unpaired) electrons. The Morgan fingerprint density at radius 1 is 1.24 bits per heavy atom. The maximum atomic E-state index is 12.3. The molecular formula is C20H32N2O3. The van der Waals surface area contributed by atoms with Gasteiger partial charge in [0.05, 0.1) is 12.1 Å². The molecule has 0 saturated carbocycles. The highest BCUT2D eigenvalue weighted by atomic mass is 16.3. The number of piperidine rings is 1. The van der Waals surface area contributed by atoms with Crippen molar-refractivity contribution in [3.8, 4) is 0 Å². The van der Waals surface area contributed by atoms with Crippen LogP contribution in [0.25, 0.3) is 0 Å². The van der Waals surface area contributed by atoms with Crippen LogP contribution >= 0.6 is 0 Å². The minimum absolute atomic E-state index is 0.00507. The highest BCUT2D eigenvalue weighted by Gasteiger charge is 2.27. The zero-order valence-corrected chi connectivity index (χ0v) is 15.2. The second kappa shape index (κ2) is 10.5. The molecule has 25 heavy (non-hydrogen) atoms. The van der Waals surface area contributed by atoms with Crippen LogP contribution in [0, 0.1) is 0 Å². The highest BCUT2D eigenvalue weighted by molar-refractivity contribution is 5.76. The molecule has 1 amide bonds. The lowest BCUT2D eigenvalue weighted by Crippen LogP contribution is -2.49. The van der Waals surface area contributed by atoms with E-state index >= 15 is 0 Å². The number of carbonyl (C=O) groups is 1. The molecule has 0 aliphatic carbocycles. The molecule has 0 bridgehead atoms. The maximum absolute atomic E-state index is 12.3. The molecule has 3 N–H and O–H groups in total. The van der Waals surface area contributed by atoms with Crippen molar-refractivity contribution in [2.75, 3.05) is 19.6 Å². The fourth-order valence-corrected chi connectivity index (χ4v) is 3.30. The van der Waals surface area contributed by atoms with Crippen LogP contribution in [0.2, 0.25) is 0 Å². The summed E-state index contributed by atoms with van der Waals surface area (Å²) in [4.78, 5) is 14.5. The average molecular weight is 348 g/mol. The Balaban J connectivity index is 1.98. The first kappa shape index (κ1) is 19.9. The second-order valence-electron chi connectivity index (χ2n) is 7.02. The van der Waals surface area contributed by atoms with Gasteiger partial charge in [0.15, 0.2) is 0 Å². The van der Waals surface area contributed by atoms with E-state index in [-0.39, 0.29) is 18.1 Å². The Hall–Kier alpha value is -1.43. The number of hydrogen-bond donors (Lipinski definition) is 3. The Kier molecular flexibility index (Phi) is 8.38. The van der Waals surface area contributed by atoms with Crippen molar-refractivity contribution in [1.29, 1.82) is 0 Å². The summed E-state index contributed by atoms with van der Waals surface area (Å²) in [5.74, 6) is 0.00507. The van der Waals surface area contributed by atoms with Crippen molar-refractivity contribution < 1.29 is 15.0 Å². The molecule has 5 heteroatoms. The normalized spacial score (nSPS) is 18.7. The van der Waals surface area contributed by atoms with E-state index in [9.17, 15) is 15.0 Å². The summed E-state index contributed by atoms with van der Waals surface area (Å²) in [5, 5.41) is 23.5. The number of aliphatic hydroxyl groups is 2. The highest BCUT2D eigenvalue weighted by Crippen LogP contribution is 2.19. The SMILES string of the molecule is CCCCCC(=O)N[C@H](CN1CCC(O)CC1)[C@@H](O)c1ccccc1. The van der Waals surface area contributed by atoms with Gasteiger partial charge in [-0.25, -0.2) is 0 Å². The lowest BCUT2D eigenvalue weighted by Gasteiger charge is -2.34. The van der Waals surface area contributed by atoms with Gasteiger partial charge in [-0.2, -0.15) is 0 Å². The van der Waals surface area contributed by atoms with Gasteiger partial charge in [0.25, 0.3) is 0 Å². The molecule has 1 heterocycles. The maximum Gasteiger partial charge on any atom is 0.220 e. The molecule has 0 spiro atoms. The summed E-state index contributed by atoms with van der Waals surface area (Å²) in [7, 11) is 0. The average Bonchev–Trinajstić information content (AvgIpc) is 2.63. The Morgan fingerprint density at radius 2 is 1.92 bits per heavy atom. The molecule has 0 aromatic heterocycles. The molecule has 1 aromatic carbocycles. The minimum atomic E-state index is -0.733. The number of nitrogens with zero attached hydrogens (tertiary/aromatic N) is 1. The fourth-order valence-electron chi connectivity index (χ4n) is 3.30. The summed E-state index contributed by atoms with van der Waals surface area (Å²) in [6.45, 7) is 4.31. The molecule has 1 aromatic rings. The first-order valence-electron chi connectivity index (χ1n) is 9.53. The van der Waals surface area contributed by atoms with Crippen molar-refractivity contribution in [3.05, 3.63) is 35.9 Å². The largest absolute Gasteiger partial charge is 0.393 e. The van der Waals surface area contributed by atoms with Crippen LogP contribution in [-0.2, 0) is 4.79 Å². The van der Waals surface area contributed by atoms with Crippen LogP contribution in [0.4, 0.5) is 0 Å². The Morgan fingerprint density at radius 3 is 2.56 bits per heavy atom. The number of likely N-dealkylation sites (tertiary alicyclic amines) is 1. The number of hydrogen-bond acceptors (Lipinski definition) is 4. The van der Waals surface area contributed by atoms with Gasteiger partial charge in [0, 0.05) is 26.1 Å². The van der Waals surface area contributed by atoms with Crippen LogP contribution in [-0.4, -0.2) is 52.8 Å². The van der Waals surface area contributed by atoms with Gasteiger partial charge in [-0.15, -0.1) is 0 Å². The van der Waals surface area contributed by atoms with Crippen LogP contribution < -0.4 is 5.32 Å². The van der Waals surface area contributed by atoms with Crippen LogP contribution in [0.15, 0.2) is 30.3 Å². The molecule has 5 nitrogen and oxygen atoms in total. The van der Waals surface area contributed by atoms with E-state index in [4.69, 9.17) is 0 Å². The monoisotopic (exact) mass is 348 g/mol. The number of carbonyl (C=O) groups excluding carboxylic acids is 1. The summed E-state index contributed by atoms with van der Waals surface area (Å²) in [5.41, 5.74) is 0.818. The lowest BCUT2D eigenvalue weighted by atomic mass is 10.00. The second-order valence-corrected chi connectivity index (χ2v) is 7.02. The van der Waals surface area contributed by atoms with Crippen LogP contribution in [0.5, 0.6) is 0 Å². The third-order valence-electron chi connectivity index (χ3n) is 4.89. The van der Waals surface area contributed by atoms with Gasteiger partial charge >= 0.3 is 0 Å². The molecule has 1 fully saturated rings. The predicted octanol–water partition coefficient (Wildman–Crippen LogP) is 2.24. The van der Waals surface area contributed by atoms with E-state index in [1.807, 2.05) is 30.3 Å². The third-order valence-corrected chi connectivity index (χ3v) is 4.89. The number of nitrogens with one attached hydrogen (secondary N) is 1. The zero-order chi connectivity index (χ0) is 18.1. The molecule has 1 aliphatic rings. The van der Waals surface area contributed by atoms with Crippen molar-refractivity contribution in [2.24, 2.45) is 0 Å². The summed E-state index contributed by atoms with van der Waals surface area (Å²) >= 11 is 0. The summed E-state index contributed by atoms with van der Waals surface area (Å²) in [6.07, 6.45) is 4.05. The quantitative estimate of drug-likeness (QED) is 0.599. The summed E-state index contributed by atoms with van der Waals surface area (Å²) < 4.78 is 0. The van der Waals surface area contributed by atoms with Gasteiger partial charge in [0.2, 0.25) is 5.91 Å². The number of amides is 1. The smallest absolute Gasteiger partial charge is 0.220 e. The summed E-state index contributed by atoms with van der Waals surface area (Å²) in [6, 6.07) is 9.15. The predicted molar refractivity (Wildman–Crippen MR) is 99.2 cm³/mol. The molecular weight excluding hydrogens is 316 g/mol. The van der Waals surface area contributed by atoms with E-state index in [1.54, 1.807) is 0 Å². The van der Waals surface area contributed by atoms with E-state index in [0.717, 1.165) is 50.8 Å². The minimum Gasteiger partial charge on any atom is -0.393 e. The first-order chi connectivity index (χ1) is 12.1. The number of benzene rings is 1. The topological polar surface area (TPSA) is 72.8 Å². The van der Waals surface area contributed by atoms with Crippen LogP contribution in [0.3, 0.4) is 0 Å². The Labute approximate surface area is 151 Å². The van der Waals surface area contributed by atoms with Crippen molar-refractivity contribution in [2.45, 2.75) is 63.7 Å². The first-order valence-corrected chi connectivity index (χ1v) is 9.53. The van der Waals surface area contributed by atoms with Gasteiger partial charge in [0.1, 0.15) is 6.10 Å². The van der Waals surface area contributed by atoms with Gasteiger partial charge in [-0.05, 0) is 24.8 Å². The molecule has 140 valence electrons. The molecule has 2 rings (SSSR count). The molecule has 1 aliphatic heterocycles. The number of unbranched alkanes of at least 4 members (excludes halogenated alkanes) is 2. The van der Waals surface area contributed by atoms with Crippen molar-refractivity contribution in [1.82, 2.24) is 10.2 Å². The van der Waals surface area contributed by atoms with Crippen molar-refractivity contribution in [3.63, 3.8) is 0 Å². The number of rotatable bonds is 9. The van der Waals surface area contributed by atoms with E-state index in [1.165, 1.54) is 0 Å². The standard InChI is InChI=1S/C20H32N2O3/c1-2-3-5-10-19(24)21-18(15-22-13-11-17(23)12-14-22)20(25)16-8-6-4-7-9-16/h4,6-9,17-18,20,23,25H,2-3,5,10-15H2,1H3,(H,21,24)/t18-,20+/m1/s1. The van der Waals surface area contributed by atoms with Crippen LogP contribution in [0.1, 0.15) is 57.1 Å². The lowest BCUT2D eigenvalue weighted by molar-refractivity contribution is -0.123. The fraction of sp³-hybridized carbons (Fsp3) is 0.650. The van der Waals surface area contributed by atoms with E-state index in [0.29, 0.717) is 13.0 Å². The third kappa shape index (κ3) is 6.77. The van der Waals surface area contributed by atoms with Crippen molar-refractivity contribution >= 4 is 5.91 Å². The Bertz CT molecular complexity index is 501. The molecule has 1 saturated heterocycles. The van der Waals surface area contributed by atoms with E-state index in [2.05, 4.69) is 17.1 Å². The number of aliphatic hydroxyl groups excluding tert-OH is 2.